The lowest BCUT2D eigenvalue weighted by Gasteiger charge is -2.12. The van der Waals surface area contributed by atoms with Gasteiger partial charge in [-0.05, 0) is 11.1 Å². The second kappa shape index (κ2) is 5.25. The Labute approximate surface area is 118 Å². The van der Waals surface area contributed by atoms with Gasteiger partial charge in [-0.2, -0.15) is 12.6 Å². The lowest BCUT2D eigenvalue weighted by Crippen LogP contribution is -2.01. The lowest BCUT2D eigenvalue weighted by molar-refractivity contribution is 0.965. The standard InChI is InChI=1S/C16H14S2/c17-16-14(12-7-3-1-4-8-12)11-15(18-16)13-9-5-2-6-10-13/h1-11,14,16-17H. The molecular formula is C16H14S2. The van der Waals surface area contributed by atoms with Gasteiger partial charge in [0.15, 0.2) is 0 Å². The second-order valence-corrected chi connectivity index (χ2v) is 6.43. The van der Waals surface area contributed by atoms with Crippen LogP contribution in [0.15, 0.2) is 66.7 Å². The highest BCUT2D eigenvalue weighted by molar-refractivity contribution is 8.17. The summed E-state index contributed by atoms with van der Waals surface area (Å²) in [5, 5.41) is 0. The zero-order valence-electron chi connectivity index (χ0n) is 9.86. The molecule has 0 fully saturated rings. The fourth-order valence-electron chi connectivity index (χ4n) is 2.19. The third kappa shape index (κ3) is 2.36. The predicted molar refractivity (Wildman–Crippen MR) is 84.0 cm³/mol. The van der Waals surface area contributed by atoms with Crippen LogP contribution in [-0.2, 0) is 0 Å². The van der Waals surface area contributed by atoms with Gasteiger partial charge in [-0.15, -0.1) is 11.8 Å². The number of thioether (sulfide) groups is 1. The molecule has 0 bridgehead atoms. The van der Waals surface area contributed by atoms with Crippen molar-refractivity contribution in [3.63, 3.8) is 0 Å². The van der Waals surface area contributed by atoms with E-state index in [9.17, 15) is 0 Å². The average Bonchev–Trinajstić information content (AvgIpc) is 2.83. The summed E-state index contributed by atoms with van der Waals surface area (Å²) >= 11 is 6.57. The zero-order chi connectivity index (χ0) is 12.4. The molecule has 0 nitrogen and oxygen atoms in total. The van der Waals surface area contributed by atoms with E-state index in [1.165, 1.54) is 16.0 Å². The van der Waals surface area contributed by atoms with Crippen LogP contribution in [0.4, 0.5) is 0 Å². The Hall–Kier alpha value is -1.12. The minimum atomic E-state index is 0.308. The van der Waals surface area contributed by atoms with Gasteiger partial charge < -0.3 is 0 Å². The number of benzene rings is 2. The second-order valence-electron chi connectivity index (χ2n) is 4.34. The minimum Gasteiger partial charge on any atom is -0.164 e. The first-order valence-electron chi connectivity index (χ1n) is 6.01. The first-order chi connectivity index (χ1) is 8.84. The van der Waals surface area contributed by atoms with Crippen molar-refractivity contribution in [2.45, 2.75) is 10.5 Å². The molecule has 0 N–H and O–H groups in total. The highest BCUT2D eigenvalue weighted by atomic mass is 32.2. The monoisotopic (exact) mass is 270 g/mol. The Morgan fingerprint density at radius 2 is 1.44 bits per heavy atom. The van der Waals surface area contributed by atoms with Crippen LogP contribution in [0, 0.1) is 0 Å². The van der Waals surface area contributed by atoms with Crippen molar-refractivity contribution in [3.05, 3.63) is 77.9 Å². The van der Waals surface area contributed by atoms with Crippen LogP contribution < -0.4 is 0 Å². The fraction of sp³-hybridized carbons (Fsp3) is 0.125. The number of allylic oxidation sites excluding steroid dienone is 1. The third-order valence-corrected chi connectivity index (χ3v) is 4.93. The number of hydrogen-bond donors (Lipinski definition) is 1. The van der Waals surface area contributed by atoms with Crippen LogP contribution in [0.5, 0.6) is 0 Å². The Bertz CT molecular complexity index is 546. The third-order valence-electron chi connectivity index (χ3n) is 3.13. The van der Waals surface area contributed by atoms with Gasteiger partial charge >= 0.3 is 0 Å². The van der Waals surface area contributed by atoms with Crippen LogP contribution in [0.1, 0.15) is 17.0 Å². The van der Waals surface area contributed by atoms with Crippen LogP contribution in [-0.4, -0.2) is 4.58 Å². The van der Waals surface area contributed by atoms with Gasteiger partial charge in [0, 0.05) is 10.8 Å². The van der Waals surface area contributed by atoms with Gasteiger partial charge in [-0.25, -0.2) is 0 Å². The highest BCUT2D eigenvalue weighted by Gasteiger charge is 2.27. The summed E-state index contributed by atoms with van der Waals surface area (Å²) in [5.74, 6) is 0.398. The molecule has 2 aromatic rings. The van der Waals surface area contributed by atoms with E-state index < -0.39 is 0 Å². The van der Waals surface area contributed by atoms with Crippen molar-refractivity contribution in [2.24, 2.45) is 0 Å². The summed E-state index contributed by atoms with van der Waals surface area (Å²) in [5.41, 5.74) is 2.64. The first-order valence-corrected chi connectivity index (χ1v) is 7.41. The molecule has 2 atom stereocenters. The molecule has 0 radical (unpaired) electrons. The van der Waals surface area contributed by atoms with Crippen LogP contribution >= 0.6 is 24.4 Å². The molecule has 1 heterocycles. The van der Waals surface area contributed by atoms with E-state index in [0.29, 0.717) is 10.5 Å². The van der Waals surface area contributed by atoms with Gasteiger partial charge in [0.05, 0.1) is 4.58 Å². The molecule has 2 aromatic carbocycles. The molecule has 0 amide bonds. The summed E-state index contributed by atoms with van der Waals surface area (Å²) in [7, 11) is 0. The van der Waals surface area contributed by atoms with E-state index in [2.05, 4.69) is 66.7 Å². The molecule has 3 rings (SSSR count). The summed E-state index contributed by atoms with van der Waals surface area (Å²) in [6, 6.07) is 21.1. The summed E-state index contributed by atoms with van der Waals surface area (Å²) in [6.45, 7) is 0. The molecule has 18 heavy (non-hydrogen) atoms. The topological polar surface area (TPSA) is 0 Å². The number of thiol groups is 1. The number of hydrogen-bond acceptors (Lipinski definition) is 2. The van der Waals surface area contributed by atoms with Gasteiger partial charge in [-0.3, -0.25) is 0 Å². The average molecular weight is 270 g/mol. The van der Waals surface area contributed by atoms with Crippen molar-refractivity contribution in [2.75, 3.05) is 0 Å². The minimum absolute atomic E-state index is 0.308. The van der Waals surface area contributed by atoms with Crippen molar-refractivity contribution in [1.82, 2.24) is 0 Å². The largest absolute Gasteiger partial charge is 0.164 e. The van der Waals surface area contributed by atoms with Gasteiger partial charge in [0.1, 0.15) is 0 Å². The predicted octanol–water partition coefficient (Wildman–Crippen LogP) is 4.81. The van der Waals surface area contributed by atoms with E-state index in [1.807, 2.05) is 11.8 Å². The van der Waals surface area contributed by atoms with Gasteiger partial charge in [0.25, 0.3) is 0 Å². The summed E-state index contributed by atoms with van der Waals surface area (Å²) in [4.78, 5) is 1.34. The van der Waals surface area contributed by atoms with Crippen LogP contribution in [0.2, 0.25) is 0 Å². The molecule has 0 aromatic heterocycles. The van der Waals surface area contributed by atoms with E-state index in [4.69, 9.17) is 12.6 Å². The maximum absolute atomic E-state index is 4.72. The van der Waals surface area contributed by atoms with E-state index in [0.717, 1.165) is 0 Å². The normalized spacial score (nSPS) is 22.8. The summed E-state index contributed by atoms with van der Waals surface area (Å²) < 4.78 is 0.308. The Balaban J connectivity index is 1.92. The molecule has 90 valence electrons. The lowest BCUT2D eigenvalue weighted by atomic mass is 10.00. The quantitative estimate of drug-likeness (QED) is 0.764. The van der Waals surface area contributed by atoms with E-state index in [1.54, 1.807) is 0 Å². The molecular weight excluding hydrogens is 256 g/mol. The Morgan fingerprint density at radius 3 is 2.11 bits per heavy atom. The molecule has 0 spiro atoms. The maximum Gasteiger partial charge on any atom is 0.0623 e. The van der Waals surface area contributed by atoms with Crippen molar-refractivity contribution >= 4 is 29.3 Å². The zero-order valence-corrected chi connectivity index (χ0v) is 11.6. The maximum atomic E-state index is 4.72. The summed E-state index contributed by atoms with van der Waals surface area (Å²) in [6.07, 6.45) is 2.34. The number of rotatable bonds is 2. The SMILES string of the molecule is SC1SC(c2ccccc2)=CC1c1ccccc1. The van der Waals surface area contributed by atoms with E-state index in [-0.39, 0.29) is 0 Å². The van der Waals surface area contributed by atoms with Crippen molar-refractivity contribution in [3.8, 4) is 0 Å². The fourth-order valence-corrected chi connectivity index (χ4v) is 3.93. The van der Waals surface area contributed by atoms with Crippen LogP contribution in [0.25, 0.3) is 4.91 Å². The Morgan fingerprint density at radius 1 is 0.833 bits per heavy atom. The van der Waals surface area contributed by atoms with E-state index >= 15 is 0 Å². The Kier molecular flexibility index (Phi) is 3.48. The van der Waals surface area contributed by atoms with Gasteiger partial charge in [0.2, 0.25) is 0 Å². The van der Waals surface area contributed by atoms with Crippen molar-refractivity contribution in [1.29, 1.82) is 0 Å². The first kappa shape index (κ1) is 11.9. The molecule has 0 aliphatic carbocycles. The molecule has 0 saturated carbocycles. The van der Waals surface area contributed by atoms with Gasteiger partial charge in [-0.1, -0.05) is 66.7 Å². The highest BCUT2D eigenvalue weighted by Crippen LogP contribution is 2.48. The molecule has 2 heteroatoms. The molecule has 1 aliphatic rings. The smallest absolute Gasteiger partial charge is 0.0623 e. The molecule has 2 unspecified atom stereocenters. The molecule has 1 aliphatic heterocycles. The van der Waals surface area contributed by atoms with Crippen molar-refractivity contribution < 1.29 is 0 Å². The van der Waals surface area contributed by atoms with Crippen LogP contribution in [0.3, 0.4) is 0 Å². The molecule has 0 saturated heterocycles.